The van der Waals surface area contributed by atoms with Crippen LogP contribution in [0, 0.1) is 0 Å². The van der Waals surface area contributed by atoms with Crippen LogP contribution in [0.2, 0.25) is 0 Å². The molecule has 3 aromatic rings. The number of nitrogens with zero attached hydrogens (tertiary/aromatic N) is 1. The summed E-state index contributed by atoms with van der Waals surface area (Å²) >= 11 is 1.76. The van der Waals surface area contributed by atoms with Gasteiger partial charge in [0.1, 0.15) is 5.03 Å². The molecule has 2 aromatic carbocycles. The lowest BCUT2D eigenvalue weighted by Gasteiger charge is -2.22. The van der Waals surface area contributed by atoms with Gasteiger partial charge in [0, 0.05) is 11.3 Å². The lowest BCUT2D eigenvalue weighted by Crippen LogP contribution is -1.93. The van der Waals surface area contributed by atoms with Crippen molar-refractivity contribution in [1.82, 2.24) is 4.98 Å². The van der Waals surface area contributed by atoms with Crippen molar-refractivity contribution >= 4 is 21.8 Å². The monoisotopic (exact) mass is 343 g/mol. The van der Waals surface area contributed by atoms with Crippen LogP contribution in [-0.4, -0.2) is 23.8 Å². The standard InChI is InChI=1S/C19H21NOS2/c1-23(2,3)19-18(22-14-15-10-6-4-7-11-15)20-17(21-19)16-12-8-5-9-13-16/h4-13H,14H2,1-3H3. The van der Waals surface area contributed by atoms with Crippen LogP contribution in [0.4, 0.5) is 0 Å². The summed E-state index contributed by atoms with van der Waals surface area (Å²) in [6.45, 7) is 0. The summed E-state index contributed by atoms with van der Waals surface area (Å²) in [6, 6.07) is 20.6. The van der Waals surface area contributed by atoms with E-state index in [-0.39, 0.29) is 0 Å². The fourth-order valence-corrected chi connectivity index (χ4v) is 4.83. The van der Waals surface area contributed by atoms with Crippen LogP contribution < -0.4 is 0 Å². The first-order valence-corrected chi connectivity index (χ1v) is 11.3. The van der Waals surface area contributed by atoms with Crippen LogP contribution in [0.15, 0.2) is 75.2 Å². The van der Waals surface area contributed by atoms with Gasteiger partial charge in [-0.1, -0.05) is 60.3 Å². The Labute approximate surface area is 143 Å². The minimum Gasteiger partial charge on any atom is -0.430 e. The predicted molar refractivity (Wildman–Crippen MR) is 102 cm³/mol. The minimum atomic E-state index is -0.975. The quantitative estimate of drug-likeness (QED) is 0.557. The van der Waals surface area contributed by atoms with Gasteiger partial charge in [-0.3, -0.25) is 0 Å². The van der Waals surface area contributed by atoms with Crippen molar-refractivity contribution in [2.24, 2.45) is 0 Å². The van der Waals surface area contributed by atoms with Crippen molar-refractivity contribution in [2.75, 3.05) is 18.8 Å². The van der Waals surface area contributed by atoms with Gasteiger partial charge in [-0.05, 0) is 36.5 Å². The molecule has 0 spiro atoms. The number of hydrogen-bond acceptors (Lipinski definition) is 3. The maximum absolute atomic E-state index is 6.16. The van der Waals surface area contributed by atoms with Crippen molar-refractivity contribution in [1.29, 1.82) is 0 Å². The molecule has 0 amide bonds. The molecule has 0 radical (unpaired) electrons. The van der Waals surface area contributed by atoms with Crippen LogP contribution in [0.25, 0.3) is 11.5 Å². The van der Waals surface area contributed by atoms with Gasteiger partial charge >= 0.3 is 0 Å². The SMILES string of the molecule is CS(C)(C)c1oc(-c2ccccc2)nc1SCc1ccccc1. The molecule has 0 aliphatic rings. The smallest absolute Gasteiger partial charge is 0.228 e. The lowest BCUT2D eigenvalue weighted by atomic mass is 10.2. The Balaban J connectivity index is 1.90. The molecule has 0 bridgehead atoms. The highest BCUT2D eigenvalue weighted by atomic mass is 32.3. The van der Waals surface area contributed by atoms with Crippen molar-refractivity contribution in [3.05, 3.63) is 66.2 Å². The number of aromatic nitrogens is 1. The zero-order valence-electron chi connectivity index (χ0n) is 13.7. The molecule has 0 aliphatic carbocycles. The predicted octanol–water partition coefficient (Wildman–Crippen LogP) is 5.69. The van der Waals surface area contributed by atoms with E-state index in [2.05, 4.69) is 43.0 Å². The molecule has 120 valence electrons. The molecule has 2 nitrogen and oxygen atoms in total. The van der Waals surface area contributed by atoms with Crippen LogP contribution >= 0.6 is 21.8 Å². The average Bonchev–Trinajstić information content (AvgIpc) is 2.99. The topological polar surface area (TPSA) is 26.0 Å². The second-order valence-electron chi connectivity index (χ2n) is 6.09. The number of hydrogen-bond donors (Lipinski definition) is 0. The Kier molecular flexibility index (Phi) is 4.83. The van der Waals surface area contributed by atoms with E-state index in [1.807, 2.05) is 36.4 Å². The fourth-order valence-electron chi connectivity index (χ4n) is 2.20. The summed E-state index contributed by atoms with van der Waals surface area (Å²) in [6.07, 6.45) is 6.73. The maximum atomic E-state index is 6.16. The largest absolute Gasteiger partial charge is 0.430 e. The summed E-state index contributed by atoms with van der Waals surface area (Å²) in [5.74, 6) is 1.63. The van der Waals surface area contributed by atoms with Gasteiger partial charge < -0.3 is 4.42 Å². The lowest BCUT2D eigenvalue weighted by molar-refractivity contribution is 0.471. The summed E-state index contributed by atoms with van der Waals surface area (Å²) in [4.78, 5) is 4.78. The van der Waals surface area contributed by atoms with E-state index in [1.165, 1.54) is 5.56 Å². The molecular formula is C19H21NOS2. The van der Waals surface area contributed by atoms with Gasteiger partial charge in [0.05, 0.1) is 0 Å². The van der Waals surface area contributed by atoms with Gasteiger partial charge in [0.2, 0.25) is 5.89 Å². The number of oxazole rings is 1. The molecule has 0 aliphatic heterocycles. The van der Waals surface area contributed by atoms with Gasteiger partial charge in [-0.15, -0.1) is 0 Å². The third-order valence-corrected chi connectivity index (χ3v) is 5.91. The van der Waals surface area contributed by atoms with Gasteiger partial charge in [-0.2, -0.15) is 10.0 Å². The number of rotatable bonds is 5. The third kappa shape index (κ3) is 4.01. The second kappa shape index (κ2) is 6.85. The highest BCUT2D eigenvalue weighted by molar-refractivity contribution is 8.32. The zero-order chi connectivity index (χ0) is 16.3. The van der Waals surface area contributed by atoms with E-state index in [0.29, 0.717) is 0 Å². The van der Waals surface area contributed by atoms with Crippen molar-refractivity contribution < 1.29 is 4.42 Å². The first kappa shape index (κ1) is 16.2. The van der Waals surface area contributed by atoms with E-state index in [4.69, 9.17) is 9.40 Å². The van der Waals surface area contributed by atoms with Crippen molar-refractivity contribution in [3.63, 3.8) is 0 Å². The molecule has 0 atom stereocenters. The molecule has 0 saturated carbocycles. The summed E-state index contributed by atoms with van der Waals surface area (Å²) in [5, 5.41) is 2.06. The Bertz CT molecular complexity index is 761. The molecule has 0 fully saturated rings. The molecule has 0 N–H and O–H groups in total. The molecule has 1 heterocycles. The van der Waals surface area contributed by atoms with E-state index < -0.39 is 10.0 Å². The molecule has 4 heteroatoms. The maximum Gasteiger partial charge on any atom is 0.228 e. The van der Waals surface area contributed by atoms with E-state index in [0.717, 1.165) is 27.3 Å². The highest BCUT2D eigenvalue weighted by Gasteiger charge is 2.22. The highest BCUT2D eigenvalue weighted by Crippen LogP contribution is 2.51. The van der Waals surface area contributed by atoms with Gasteiger partial charge in [0.25, 0.3) is 0 Å². The summed E-state index contributed by atoms with van der Waals surface area (Å²) < 4.78 is 6.16. The molecule has 0 unspecified atom stereocenters. The molecule has 3 rings (SSSR count). The zero-order valence-corrected chi connectivity index (χ0v) is 15.3. The fraction of sp³-hybridized carbons (Fsp3) is 0.211. The number of thioether (sulfide) groups is 1. The first-order chi connectivity index (χ1) is 11.0. The van der Waals surface area contributed by atoms with Gasteiger partial charge in [-0.25, -0.2) is 4.98 Å². The van der Waals surface area contributed by atoms with E-state index in [9.17, 15) is 0 Å². The first-order valence-electron chi connectivity index (χ1n) is 7.45. The normalized spacial score (nSPS) is 12.3. The summed E-state index contributed by atoms with van der Waals surface area (Å²) in [5.41, 5.74) is 2.33. The summed E-state index contributed by atoms with van der Waals surface area (Å²) in [7, 11) is -0.975. The van der Waals surface area contributed by atoms with Crippen molar-refractivity contribution in [3.8, 4) is 11.5 Å². The van der Waals surface area contributed by atoms with Crippen LogP contribution in [0.1, 0.15) is 5.56 Å². The Morgan fingerprint density at radius 3 is 2.13 bits per heavy atom. The second-order valence-corrected chi connectivity index (χ2v) is 11.1. The minimum absolute atomic E-state index is 0.721. The Morgan fingerprint density at radius 1 is 0.913 bits per heavy atom. The molecule has 1 aromatic heterocycles. The van der Waals surface area contributed by atoms with E-state index >= 15 is 0 Å². The number of benzene rings is 2. The molecule has 0 saturated heterocycles. The van der Waals surface area contributed by atoms with Crippen molar-refractivity contribution in [2.45, 2.75) is 15.9 Å². The van der Waals surface area contributed by atoms with Crippen LogP contribution in [-0.2, 0) is 5.75 Å². The average molecular weight is 344 g/mol. The Hall–Kier alpha value is -1.65. The molecule has 23 heavy (non-hydrogen) atoms. The molecular weight excluding hydrogens is 322 g/mol. The van der Waals surface area contributed by atoms with Crippen LogP contribution in [0.3, 0.4) is 0 Å². The van der Waals surface area contributed by atoms with Crippen LogP contribution in [0.5, 0.6) is 0 Å². The van der Waals surface area contributed by atoms with E-state index in [1.54, 1.807) is 11.8 Å². The van der Waals surface area contributed by atoms with Gasteiger partial charge in [0.15, 0.2) is 5.09 Å². The third-order valence-electron chi connectivity index (χ3n) is 3.36. The Morgan fingerprint density at radius 2 is 1.52 bits per heavy atom.